The van der Waals surface area contributed by atoms with Crippen molar-refractivity contribution in [3.63, 3.8) is 0 Å². The number of carbonyl (C=O) groups is 3. The van der Waals surface area contributed by atoms with Crippen molar-refractivity contribution >= 4 is 52.1 Å². The molecule has 1 saturated heterocycles. The maximum Gasteiger partial charge on any atom is 0.250 e. The fraction of sp³-hybridized carbons (Fsp3) is 0.241. The Labute approximate surface area is 231 Å². The Kier molecular flexibility index (Phi) is 7.74. The summed E-state index contributed by atoms with van der Waals surface area (Å²) in [4.78, 5) is 47.3. The first-order chi connectivity index (χ1) is 18.8. The van der Waals surface area contributed by atoms with Crippen LogP contribution >= 0.6 is 11.6 Å². The van der Waals surface area contributed by atoms with Crippen LogP contribution in [0.3, 0.4) is 0 Å². The van der Waals surface area contributed by atoms with Crippen molar-refractivity contribution in [1.82, 2.24) is 9.80 Å². The topological polar surface area (TPSA) is 120 Å². The van der Waals surface area contributed by atoms with E-state index in [4.69, 9.17) is 22.3 Å². The molecule has 10 heteroatoms. The summed E-state index contributed by atoms with van der Waals surface area (Å²) in [6.07, 6.45) is 0. The third-order valence-corrected chi connectivity index (χ3v) is 7.18. The number of nitrogens with one attached hydrogen (secondary N) is 2. The van der Waals surface area contributed by atoms with Gasteiger partial charge in [0.15, 0.2) is 0 Å². The van der Waals surface area contributed by atoms with Crippen LogP contribution in [-0.4, -0.2) is 73.0 Å². The Morgan fingerprint density at radius 2 is 1.79 bits per heavy atom. The van der Waals surface area contributed by atoms with Crippen molar-refractivity contribution in [2.24, 2.45) is 10.7 Å². The molecule has 1 atom stereocenters. The number of hydrogen-bond donors (Lipinski definition) is 3. The van der Waals surface area contributed by atoms with E-state index in [1.165, 1.54) is 6.07 Å². The molecule has 3 amide bonds. The number of benzene rings is 3. The number of amides is 3. The summed E-state index contributed by atoms with van der Waals surface area (Å²) in [5.74, 6) is -1.82. The molecule has 5 rings (SSSR count). The molecule has 0 aromatic heterocycles. The van der Waals surface area contributed by atoms with E-state index in [2.05, 4.69) is 27.5 Å². The molecule has 9 nitrogen and oxygen atoms in total. The van der Waals surface area contributed by atoms with Gasteiger partial charge in [0.1, 0.15) is 5.92 Å². The van der Waals surface area contributed by atoms with Crippen LogP contribution in [0.15, 0.2) is 71.7 Å². The number of aliphatic imine (C=N–C) groups is 1. The molecule has 0 aliphatic carbocycles. The monoisotopic (exact) mass is 544 g/mol. The highest BCUT2D eigenvalue weighted by Crippen LogP contribution is 2.38. The molecular formula is C29H29ClN6O3. The van der Waals surface area contributed by atoms with Gasteiger partial charge in [-0.3, -0.25) is 24.3 Å². The molecule has 0 saturated carbocycles. The van der Waals surface area contributed by atoms with E-state index in [0.29, 0.717) is 27.8 Å². The Balaban J connectivity index is 1.46. The summed E-state index contributed by atoms with van der Waals surface area (Å²) in [5.41, 5.74) is 9.24. The number of hydrogen-bond acceptors (Lipinski definition) is 6. The second-order valence-corrected chi connectivity index (χ2v) is 10.2. The average Bonchev–Trinajstić information content (AvgIpc) is 3.24. The molecule has 0 bridgehead atoms. The smallest absolute Gasteiger partial charge is 0.250 e. The van der Waals surface area contributed by atoms with Gasteiger partial charge in [0, 0.05) is 36.9 Å². The Morgan fingerprint density at radius 1 is 1.05 bits per heavy atom. The van der Waals surface area contributed by atoms with Gasteiger partial charge in [-0.15, -0.1) is 0 Å². The van der Waals surface area contributed by atoms with Gasteiger partial charge in [-0.2, -0.15) is 0 Å². The predicted molar refractivity (Wildman–Crippen MR) is 153 cm³/mol. The highest BCUT2D eigenvalue weighted by Gasteiger charge is 2.35. The molecule has 0 radical (unpaired) electrons. The molecule has 2 aliphatic heterocycles. The number of carbonyl (C=O) groups excluding carboxylic acids is 3. The summed E-state index contributed by atoms with van der Waals surface area (Å²) in [7, 11) is 2.05. The summed E-state index contributed by atoms with van der Waals surface area (Å²) in [6.45, 7) is 3.61. The minimum atomic E-state index is -0.693. The lowest BCUT2D eigenvalue weighted by Gasteiger charge is -2.31. The highest BCUT2D eigenvalue weighted by atomic mass is 35.5. The van der Waals surface area contributed by atoms with E-state index in [0.717, 1.165) is 37.3 Å². The minimum Gasteiger partial charge on any atom is -0.366 e. The number of nitrogens with zero attached hydrogens (tertiary/aromatic N) is 3. The van der Waals surface area contributed by atoms with E-state index in [-0.39, 0.29) is 23.9 Å². The second kappa shape index (κ2) is 11.4. The molecular weight excluding hydrogens is 516 g/mol. The summed E-state index contributed by atoms with van der Waals surface area (Å²) >= 11 is 6.14. The zero-order valence-corrected chi connectivity index (χ0v) is 22.2. The van der Waals surface area contributed by atoms with Crippen LogP contribution in [0.2, 0.25) is 5.02 Å². The molecule has 3 aromatic carbocycles. The molecule has 2 heterocycles. The van der Waals surface area contributed by atoms with E-state index in [9.17, 15) is 14.4 Å². The fourth-order valence-corrected chi connectivity index (χ4v) is 5.04. The number of halogens is 1. The van der Waals surface area contributed by atoms with E-state index in [1.807, 2.05) is 36.4 Å². The van der Waals surface area contributed by atoms with Crippen molar-refractivity contribution in [2.75, 3.05) is 50.4 Å². The van der Waals surface area contributed by atoms with Gasteiger partial charge in [-0.05, 0) is 48.5 Å². The van der Waals surface area contributed by atoms with Crippen molar-refractivity contribution < 1.29 is 14.4 Å². The van der Waals surface area contributed by atoms with E-state index in [1.54, 1.807) is 24.3 Å². The highest BCUT2D eigenvalue weighted by molar-refractivity contribution is 6.31. The molecule has 1 unspecified atom stereocenters. The minimum absolute atomic E-state index is 0.137. The molecule has 1 fully saturated rings. The zero-order valence-electron chi connectivity index (χ0n) is 21.5. The number of rotatable bonds is 7. The molecule has 39 heavy (non-hydrogen) atoms. The van der Waals surface area contributed by atoms with Crippen LogP contribution in [0.4, 0.5) is 17.1 Å². The Bertz CT molecular complexity index is 1450. The summed E-state index contributed by atoms with van der Waals surface area (Å²) in [5, 5.41) is 6.23. The van der Waals surface area contributed by atoms with Crippen molar-refractivity contribution in [1.29, 1.82) is 0 Å². The predicted octanol–water partition coefficient (Wildman–Crippen LogP) is 3.48. The Morgan fingerprint density at radius 3 is 2.51 bits per heavy atom. The fourth-order valence-electron chi connectivity index (χ4n) is 4.86. The van der Waals surface area contributed by atoms with Crippen LogP contribution in [0.5, 0.6) is 0 Å². The largest absolute Gasteiger partial charge is 0.366 e. The van der Waals surface area contributed by atoms with Crippen molar-refractivity contribution in [3.8, 4) is 0 Å². The van der Waals surface area contributed by atoms with Gasteiger partial charge in [0.2, 0.25) is 11.8 Å². The number of piperazine rings is 1. The summed E-state index contributed by atoms with van der Waals surface area (Å²) < 4.78 is 0. The van der Waals surface area contributed by atoms with Crippen LogP contribution < -0.4 is 16.4 Å². The van der Waals surface area contributed by atoms with E-state index < -0.39 is 11.8 Å². The lowest BCUT2D eigenvalue weighted by molar-refractivity contribution is -0.118. The molecule has 3 aromatic rings. The number of anilines is 2. The van der Waals surface area contributed by atoms with Crippen LogP contribution in [0.25, 0.3) is 0 Å². The SMILES string of the molecule is CN1CCN(CC(=O)Nc2ccc(N=C(c3ccccc3)C3C(=O)Nc4cc(Cl)ccc43)cc2C(N)=O)CC1. The molecule has 0 spiro atoms. The summed E-state index contributed by atoms with van der Waals surface area (Å²) in [6, 6.07) is 19.5. The van der Waals surface area contributed by atoms with Gasteiger partial charge in [-0.1, -0.05) is 48.0 Å². The van der Waals surface area contributed by atoms with Crippen molar-refractivity contribution in [3.05, 3.63) is 88.4 Å². The first-order valence-electron chi connectivity index (χ1n) is 12.7. The third kappa shape index (κ3) is 6.01. The van der Waals surface area contributed by atoms with E-state index >= 15 is 0 Å². The standard InChI is InChI=1S/C29H29ClN6O3/c1-35-11-13-36(14-12-35)17-25(37)33-23-10-8-20(16-22(23)28(31)38)32-27(18-5-3-2-4-6-18)26-21-9-7-19(30)15-24(21)34-29(26)39/h2-10,15-16,26H,11-14,17H2,1H3,(H2,31,38)(H,33,37)(H,34,39). The number of primary amides is 1. The van der Waals surface area contributed by atoms with Gasteiger partial charge in [0.05, 0.1) is 29.2 Å². The Hall–Kier alpha value is -4.05. The van der Waals surface area contributed by atoms with Gasteiger partial charge in [-0.25, -0.2) is 0 Å². The van der Waals surface area contributed by atoms with Crippen LogP contribution in [-0.2, 0) is 9.59 Å². The van der Waals surface area contributed by atoms with Gasteiger partial charge in [0.25, 0.3) is 5.91 Å². The van der Waals surface area contributed by atoms with Crippen molar-refractivity contribution in [2.45, 2.75) is 5.92 Å². The average molecular weight is 545 g/mol. The first-order valence-corrected chi connectivity index (χ1v) is 13.0. The van der Waals surface area contributed by atoms with Gasteiger partial charge >= 0.3 is 0 Å². The lowest BCUT2D eigenvalue weighted by Crippen LogP contribution is -2.47. The quantitative estimate of drug-likeness (QED) is 0.393. The third-order valence-electron chi connectivity index (χ3n) is 6.94. The van der Waals surface area contributed by atoms with Crippen LogP contribution in [0.1, 0.15) is 27.4 Å². The molecule has 200 valence electrons. The maximum absolute atomic E-state index is 13.1. The normalized spacial score (nSPS) is 17.9. The van der Waals surface area contributed by atoms with Crippen LogP contribution in [0, 0.1) is 0 Å². The lowest BCUT2D eigenvalue weighted by atomic mass is 9.90. The zero-order chi connectivity index (χ0) is 27.5. The number of likely N-dealkylation sites (N-methyl/N-ethyl adjacent to an activating group) is 1. The first kappa shape index (κ1) is 26.6. The second-order valence-electron chi connectivity index (χ2n) is 9.74. The van der Waals surface area contributed by atoms with Gasteiger partial charge < -0.3 is 21.3 Å². The number of fused-ring (bicyclic) bond motifs is 1. The molecule has 4 N–H and O–H groups in total. The maximum atomic E-state index is 13.1. The number of nitrogens with two attached hydrogens (primary N) is 1. The molecule has 2 aliphatic rings.